The van der Waals surface area contributed by atoms with Crippen LogP contribution in [0, 0.1) is 0 Å². The molecule has 2 N–H and O–H groups in total. The smallest absolute Gasteiger partial charge is 0.279 e. The number of para-hydroxylation sites is 1. The SMILES string of the molecule is Cn1nc(-c2nc(CCN)no2)c2ccccc21. The van der Waals surface area contributed by atoms with Gasteiger partial charge < -0.3 is 10.3 Å². The second-order valence-electron chi connectivity index (χ2n) is 4.04. The number of rotatable bonds is 3. The van der Waals surface area contributed by atoms with Crippen molar-refractivity contribution in [2.24, 2.45) is 12.8 Å². The average Bonchev–Trinajstić information content (AvgIpc) is 2.96. The first-order valence-corrected chi connectivity index (χ1v) is 5.74. The van der Waals surface area contributed by atoms with Crippen LogP contribution >= 0.6 is 0 Å². The minimum absolute atomic E-state index is 0.440. The van der Waals surface area contributed by atoms with E-state index in [0.29, 0.717) is 30.4 Å². The van der Waals surface area contributed by atoms with Gasteiger partial charge in [0.25, 0.3) is 5.89 Å². The summed E-state index contributed by atoms with van der Waals surface area (Å²) in [5.74, 6) is 1.05. The Kier molecular flexibility index (Phi) is 2.56. The molecule has 0 fully saturated rings. The van der Waals surface area contributed by atoms with Crippen LogP contribution in [0.4, 0.5) is 0 Å². The molecular weight excluding hydrogens is 230 g/mol. The Hall–Kier alpha value is -2.21. The van der Waals surface area contributed by atoms with Crippen molar-refractivity contribution in [1.29, 1.82) is 0 Å². The van der Waals surface area contributed by atoms with E-state index in [1.807, 2.05) is 31.3 Å². The molecule has 0 saturated heterocycles. The van der Waals surface area contributed by atoms with Crippen LogP contribution in [0.1, 0.15) is 5.82 Å². The lowest BCUT2D eigenvalue weighted by atomic mass is 10.2. The normalized spacial score (nSPS) is 11.2. The van der Waals surface area contributed by atoms with Crippen LogP contribution in [-0.2, 0) is 13.5 Å². The molecule has 0 radical (unpaired) electrons. The Morgan fingerprint density at radius 2 is 2.17 bits per heavy atom. The van der Waals surface area contributed by atoms with Crippen LogP contribution in [0.15, 0.2) is 28.8 Å². The molecule has 3 aromatic rings. The quantitative estimate of drug-likeness (QED) is 0.745. The van der Waals surface area contributed by atoms with Gasteiger partial charge >= 0.3 is 0 Å². The van der Waals surface area contributed by atoms with E-state index in [1.165, 1.54) is 0 Å². The monoisotopic (exact) mass is 243 g/mol. The maximum atomic E-state index is 5.46. The number of hydrogen-bond acceptors (Lipinski definition) is 5. The first kappa shape index (κ1) is 10.9. The minimum atomic E-state index is 0.440. The lowest BCUT2D eigenvalue weighted by Gasteiger charge is -1.90. The van der Waals surface area contributed by atoms with Crippen molar-refractivity contribution in [3.8, 4) is 11.6 Å². The molecule has 3 rings (SSSR count). The third-order valence-electron chi connectivity index (χ3n) is 2.80. The van der Waals surface area contributed by atoms with Gasteiger partial charge in [-0.05, 0) is 12.6 Å². The standard InChI is InChI=1S/C12H13N5O/c1-17-9-5-3-2-4-8(9)11(15-17)12-14-10(6-7-13)16-18-12/h2-5H,6-7,13H2,1H3. The molecule has 92 valence electrons. The largest absolute Gasteiger partial charge is 0.332 e. The molecular formula is C12H13N5O. The van der Waals surface area contributed by atoms with Gasteiger partial charge in [-0.15, -0.1) is 0 Å². The molecule has 6 heteroatoms. The molecule has 0 atom stereocenters. The highest BCUT2D eigenvalue weighted by molar-refractivity contribution is 5.91. The van der Waals surface area contributed by atoms with Gasteiger partial charge in [0.2, 0.25) is 0 Å². The van der Waals surface area contributed by atoms with Crippen LogP contribution in [0.3, 0.4) is 0 Å². The molecule has 0 bridgehead atoms. The highest BCUT2D eigenvalue weighted by Crippen LogP contribution is 2.25. The fourth-order valence-corrected chi connectivity index (χ4v) is 1.95. The van der Waals surface area contributed by atoms with Crippen molar-refractivity contribution in [3.63, 3.8) is 0 Å². The summed E-state index contributed by atoms with van der Waals surface area (Å²) in [7, 11) is 1.89. The molecule has 0 aliphatic carbocycles. The first-order valence-electron chi connectivity index (χ1n) is 5.74. The highest BCUT2D eigenvalue weighted by atomic mass is 16.5. The zero-order valence-electron chi connectivity index (χ0n) is 10.00. The second kappa shape index (κ2) is 4.23. The molecule has 0 saturated carbocycles. The van der Waals surface area contributed by atoms with Crippen LogP contribution in [-0.4, -0.2) is 26.5 Å². The van der Waals surface area contributed by atoms with Gasteiger partial charge in [0, 0.05) is 18.9 Å². The molecule has 0 unspecified atom stereocenters. The average molecular weight is 243 g/mol. The Morgan fingerprint density at radius 3 is 3.00 bits per heavy atom. The summed E-state index contributed by atoms with van der Waals surface area (Å²) in [5.41, 5.74) is 7.21. The van der Waals surface area contributed by atoms with E-state index in [-0.39, 0.29) is 0 Å². The first-order chi connectivity index (χ1) is 8.79. The number of benzene rings is 1. The molecule has 6 nitrogen and oxygen atoms in total. The van der Waals surface area contributed by atoms with Crippen LogP contribution in [0.5, 0.6) is 0 Å². The van der Waals surface area contributed by atoms with Crippen molar-refractivity contribution in [1.82, 2.24) is 19.9 Å². The third-order valence-corrected chi connectivity index (χ3v) is 2.80. The van der Waals surface area contributed by atoms with E-state index in [9.17, 15) is 0 Å². The lowest BCUT2D eigenvalue weighted by Crippen LogP contribution is -2.03. The maximum Gasteiger partial charge on any atom is 0.279 e. The zero-order chi connectivity index (χ0) is 12.5. The molecule has 0 amide bonds. The van der Waals surface area contributed by atoms with Crippen LogP contribution in [0.25, 0.3) is 22.5 Å². The number of nitrogens with two attached hydrogens (primary N) is 1. The van der Waals surface area contributed by atoms with Crippen molar-refractivity contribution in [2.75, 3.05) is 6.54 Å². The van der Waals surface area contributed by atoms with E-state index in [1.54, 1.807) is 4.68 Å². The fraction of sp³-hybridized carbons (Fsp3) is 0.250. The van der Waals surface area contributed by atoms with E-state index < -0.39 is 0 Å². The Balaban J connectivity index is 2.13. The van der Waals surface area contributed by atoms with Gasteiger partial charge in [-0.1, -0.05) is 23.4 Å². The van der Waals surface area contributed by atoms with Gasteiger partial charge in [-0.25, -0.2) is 0 Å². The fourth-order valence-electron chi connectivity index (χ4n) is 1.95. The Bertz CT molecular complexity index is 685. The van der Waals surface area contributed by atoms with Crippen molar-refractivity contribution < 1.29 is 4.52 Å². The van der Waals surface area contributed by atoms with Gasteiger partial charge in [0.15, 0.2) is 11.5 Å². The highest BCUT2D eigenvalue weighted by Gasteiger charge is 2.16. The summed E-state index contributed by atoms with van der Waals surface area (Å²) in [6.07, 6.45) is 0.605. The van der Waals surface area contributed by atoms with Crippen molar-refractivity contribution in [3.05, 3.63) is 30.1 Å². The lowest BCUT2D eigenvalue weighted by molar-refractivity contribution is 0.421. The van der Waals surface area contributed by atoms with Gasteiger partial charge in [0.1, 0.15) is 0 Å². The van der Waals surface area contributed by atoms with E-state index >= 15 is 0 Å². The number of fused-ring (bicyclic) bond motifs is 1. The molecule has 0 aliphatic rings. The topological polar surface area (TPSA) is 82.8 Å². The zero-order valence-corrected chi connectivity index (χ0v) is 10.00. The Morgan fingerprint density at radius 1 is 1.33 bits per heavy atom. The summed E-state index contributed by atoms with van der Waals surface area (Å²) in [6.45, 7) is 0.502. The van der Waals surface area contributed by atoms with Gasteiger partial charge in [-0.3, -0.25) is 4.68 Å². The van der Waals surface area contributed by atoms with E-state index in [0.717, 1.165) is 10.9 Å². The molecule has 2 aromatic heterocycles. The summed E-state index contributed by atoms with van der Waals surface area (Å²) >= 11 is 0. The number of hydrogen-bond donors (Lipinski definition) is 1. The Labute approximate surface area is 103 Å². The summed E-state index contributed by atoms with van der Waals surface area (Å²) < 4.78 is 7.04. The molecule has 0 aliphatic heterocycles. The predicted molar refractivity (Wildman–Crippen MR) is 66.8 cm³/mol. The van der Waals surface area contributed by atoms with E-state index in [2.05, 4.69) is 15.2 Å². The molecule has 1 aromatic carbocycles. The number of nitrogens with zero attached hydrogens (tertiary/aromatic N) is 4. The van der Waals surface area contributed by atoms with Gasteiger partial charge in [0.05, 0.1) is 5.52 Å². The third kappa shape index (κ3) is 1.67. The maximum absolute atomic E-state index is 5.46. The summed E-state index contributed by atoms with van der Waals surface area (Å²) in [6, 6.07) is 7.93. The molecule has 18 heavy (non-hydrogen) atoms. The van der Waals surface area contributed by atoms with E-state index in [4.69, 9.17) is 10.3 Å². The molecule has 0 spiro atoms. The van der Waals surface area contributed by atoms with Crippen molar-refractivity contribution in [2.45, 2.75) is 6.42 Å². The predicted octanol–water partition coefficient (Wildman–Crippen LogP) is 1.12. The van der Waals surface area contributed by atoms with Crippen molar-refractivity contribution >= 4 is 10.9 Å². The van der Waals surface area contributed by atoms with Crippen LogP contribution in [0.2, 0.25) is 0 Å². The summed E-state index contributed by atoms with van der Waals surface area (Å²) in [5, 5.41) is 9.31. The van der Waals surface area contributed by atoms with Crippen LogP contribution < -0.4 is 5.73 Å². The molecule has 2 heterocycles. The summed E-state index contributed by atoms with van der Waals surface area (Å²) in [4.78, 5) is 4.30. The second-order valence-corrected chi connectivity index (χ2v) is 4.04. The van der Waals surface area contributed by atoms with Gasteiger partial charge in [-0.2, -0.15) is 10.1 Å². The number of aromatic nitrogens is 4. The minimum Gasteiger partial charge on any atom is -0.332 e. The number of aryl methyl sites for hydroxylation is 1.